The van der Waals surface area contributed by atoms with Gasteiger partial charge in [0.2, 0.25) is 0 Å². The lowest BCUT2D eigenvalue weighted by atomic mass is 10.00. The molecule has 2 aliphatic rings. The standard InChI is InChI=1S/C12H22O2/c1-9(8-14-2)7-12(13)10-5-3-4-6-11(10)12/h9-11,13H,3-8H2,1-2H3. The van der Waals surface area contributed by atoms with Gasteiger partial charge in [0, 0.05) is 13.7 Å². The van der Waals surface area contributed by atoms with Gasteiger partial charge < -0.3 is 9.84 Å². The molecular formula is C12H22O2. The van der Waals surface area contributed by atoms with Crippen molar-refractivity contribution in [2.75, 3.05) is 13.7 Å². The molecule has 0 aliphatic heterocycles. The summed E-state index contributed by atoms with van der Waals surface area (Å²) in [4.78, 5) is 0. The van der Waals surface area contributed by atoms with E-state index in [0.29, 0.717) is 17.8 Å². The smallest absolute Gasteiger partial charge is 0.0714 e. The first-order valence-corrected chi connectivity index (χ1v) is 5.90. The van der Waals surface area contributed by atoms with Crippen molar-refractivity contribution in [2.24, 2.45) is 17.8 Å². The fourth-order valence-corrected chi connectivity index (χ4v) is 3.42. The van der Waals surface area contributed by atoms with Crippen molar-refractivity contribution >= 4 is 0 Å². The average Bonchev–Trinajstić information content (AvgIpc) is 2.73. The quantitative estimate of drug-likeness (QED) is 0.750. The first kappa shape index (κ1) is 10.4. The van der Waals surface area contributed by atoms with Crippen LogP contribution in [0.1, 0.15) is 39.0 Å². The summed E-state index contributed by atoms with van der Waals surface area (Å²) in [5.41, 5.74) is -0.311. The van der Waals surface area contributed by atoms with E-state index in [4.69, 9.17) is 4.74 Å². The Morgan fingerprint density at radius 1 is 1.36 bits per heavy atom. The highest BCUT2D eigenvalue weighted by Gasteiger charge is 2.63. The number of hydrogen-bond donors (Lipinski definition) is 1. The predicted molar refractivity (Wildman–Crippen MR) is 56.1 cm³/mol. The summed E-state index contributed by atoms with van der Waals surface area (Å²) >= 11 is 0. The highest BCUT2D eigenvalue weighted by atomic mass is 16.5. The summed E-state index contributed by atoms with van der Waals surface area (Å²) in [6.45, 7) is 2.95. The molecule has 2 fully saturated rings. The molecule has 2 heteroatoms. The van der Waals surface area contributed by atoms with E-state index in [0.717, 1.165) is 13.0 Å². The monoisotopic (exact) mass is 198 g/mol. The van der Waals surface area contributed by atoms with Crippen molar-refractivity contribution in [3.8, 4) is 0 Å². The van der Waals surface area contributed by atoms with E-state index in [1.165, 1.54) is 25.7 Å². The number of ether oxygens (including phenoxy) is 1. The molecule has 14 heavy (non-hydrogen) atoms. The Hall–Kier alpha value is -0.0800. The van der Waals surface area contributed by atoms with Gasteiger partial charge in [0.05, 0.1) is 5.60 Å². The number of hydrogen-bond acceptors (Lipinski definition) is 2. The van der Waals surface area contributed by atoms with Gasteiger partial charge >= 0.3 is 0 Å². The van der Waals surface area contributed by atoms with Crippen molar-refractivity contribution in [1.82, 2.24) is 0 Å². The van der Waals surface area contributed by atoms with Gasteiger partial charge in [-0.15, -0.1) is 0 Å². The molecule has 0 bridgehead atoms. The van der Waals surface area contributed by atoms with Crippen LogP contribution in [0.15, 0.2) is 0 Å². The van der Waals surface area contributed by atoms with Gasteiger partial charge in [-0.1, -0.05) is 19.8 Å². The van der Waals surface area contributed by atoms with E-state index >= 15 is 0 Å². The zero-order chi connectivity index (χ0) is 10.2. The van der Waals surface area contributed by atoms with Gasteiger partial charge in [-0.2, -0.15) is 0 Å². The van der Waals surface area contributed by atoms with Crippen LogP contribution in [0.2, 0.25) is 0 Å². The molecule has 0 aromatic carbocycles. The van der Waals surface area contributed by atoms with E-state index in [1.807, 2.05) is 0 Å². The Bertz CT molecular complexity index is 190. The van der Waals surface area contributed by atoms with Gasteiger partial charge in [0.15, 0.2) is 0 Å². The largest absolute Gasteiger partial charge is 0.389 e. The van der Waals surface area contributed by atoms with Gasteiger partial charge in [0.25, 0.3) is 0 Å². The molecule has 1 N–H and O–H groups in total. The van der Waals surface area contributed by atoms with Gasteiger partial charge in [-0.05, 0) is 37.0 Å². The van der Waals surface area contributed by atoms with Crippen molar-refractivity contribution in [1.29, 1.82) is 0 Å². The van der Waals surface area contributed by atoms with Crippen LogP contribution in [0.25, 0.3) is 0 Å². The summed E-state index contributed by atoms with van der Waals surface area (Å²) < 4.78 is 5.12. The maximum atomic E-state index is 10.4. The third-order valence-corrected chi connectivity index (χ3v) is 4.07. The number of rotatable bonds is 4. The zero-order valence-corrected chi connectivity index (χ0v) is 9.33. The second-order valence-corrected chi connectivity index (χ2v) is 5.25. The lowest BCUT2D eigenvalue weighted by Gasteiger charge is -2.16. The van der Waals surface area contributed by atoms with Crippen LogP contribution in [-0.2, 0) is 4.74 Å². The minimum absolute atomic E-state index is 0.311. The summed E-state index contributed by atoms with van der Waals surface area (Å²) in [5, 5.41) is 10.4. The summed E-state index contributed by atoms with van der Waals surface area (Å²) in [6.07, 6.45) is 6.09. The topological polar surface area (TPSA) is 29.5 Å². The molecule has 82 valence electrons. The minimum atomic E-state index is -0.311. The fourth-order valence-electron chi connectivity index (χ4n) is 3.42. The molecule has 0 aromatic heterocycles. The summed E-state index contributed by atoms with van der Waals surface area (Å²) in [7, 11) is 1.74. The number of methoxy groups -OCH3 is 1. The summed E-state index contributed by atoms with van der Waals surface area (Å²) in [5.74, 6) is 1.74. The predicted octanol–water partition coefficient (Wildman–Crippen LogP) is 2.21. The molecule has 2 saturated carbocycles. The molecule has 2 rings (SSSR count). The van der Waals surface area contributed by atoms with Crippen molar-refractivity contribution in [3.05, 3.63) is 0 Å². The molecule has 0 saturated heterocycles. The Balaban J connectivity index is 1.85. The third-order valence-electron chi connectivity index (χ3n) is 4.07. The zero-order valence-electron chi connectivity index (χ0n) is 9.33. The van der Waals surface area contributed by atoms with Crippen LogP contribution in [-0.4, -0.2) is 24.4 Å². The Labute approximate surface area is 86.6 Å². The highest BCUT2D eigenvalue weighted by molar-refractivity contribution is 5.13. The lowest BCUT2D eigenvalue weighted by Crippen LogP contribution is -2.19. The average molecular weight is 198 g/mol. The molecule has 0 aromatic rings. The normalized spacial score (nSPS) is 43.1. The van der Waals surface area contributed by atoms with Crippen molar-refractivity contribution in [2.45, 2.75) is 44.6 Å². The highest BCUT2D eigenvalue weighted by Crippen LogP contribution is 2.61. The second kappa shape index (κ2) is 3.82. The van der Waals surface area contributed by atoms with Crippen LogP contribution in [0.3, 0.4) is 0 Å². The Kier molecular flexibility index (Phi) is 2.85. The molecule has 3 atom stereocenters. The Morgan fingerprint density at radius 3 is 2.43 bits per heavy atom. The number of fused-ring (bicyclic) bond motifs is 1. The van der Waals surface area contributed by atoms with Gasteiger partial charge in [-0.25, -0.2) is 0 Å². The molecule has 3 unspecified atom stereocenters. The van der Waals surface area contributed by atoms with E-state index < -0.39 is 0 Å². The lowest BCUT2D eigenvalue weighted by molar-refractivity contribution is 0.0658. The van der Waals surface area contributed by atoms with E-state index in [9.17, 15) is 5.11 Å². The van der Waals surface area contributed by atoms with Crippen LogP contribution in [0.5, 0.6) is 0 Å². The fraction of sp³-hybridized carbons (Fsp3) is 1.00. The summed E-state index contributed by atoms with van der Waals surface area (Å²) in [6, 6.07) is 0. The van der Waals surface area contributed by atoms with Crippen molar-refractivity contribution < 1.29 is 9.84 Å². The maximum absolute atomic E-state index is 10.4. The van der Waals surface area contributed by atoms with Crippen LogP contribution < -0.4 is 0 Å². The maximum Gasteiger partial charge on any atom is 0.0714 e. The van der Waals surface area contributed by atoms with Crippen molar-refractivity contribution in [3.63, 3.8) is 0 Å². The second-order valence-electron chi connectivity index (χ2n) is 5.25. The first-order valence-electron chi connectivity index (χ1n) is 5.90. The Morgan fingerprint density at radius 2 is 1.93 bits per heavy atom. The number of aliphatic hydroxyl groups is 1. The van der Waals surface area contributed by atoms with Gasteiger partial charge in [0.1, 0.15) is 0 Å². The SMILES string of the molecule is COCC(C)CC1(O)C2CCCCC21. The minimum Gasteiger partial charge on any atom is -0.389 e. The van der Waals surface area contributed by atoms with Gasteiger partial charge in [-0.3, -0.25) is 0 Å². The van der Waals surface area contributed by atoms with E-state index in [-0.39, 0.29) is 5.60 Å². The van der Waals surface area contributed by atoms with Crippen LogP contribution >= 0.6 is 0 Å². The molecule has 0 heterocycles. The van der Waals surface area contributed by atoms with E-state index in [1.54, 1.807) is 7.11 Å². The third kappa shape index (κ3) is 1.70. The molecule has 0 radical (unpaired) electrons. The van der Waals surface area contributed by atoms with Crippen LogP contribution in [0, 0.1) is 17.8 Å². The molecule has 2 aliphatic carbocycles. The van der Waals surface area contributed by atoms with Crippen LogP contribution in [0.4, 0.5) is 0 Å². The molecule has 0 amide bonds. The molecule has 2 nitrogen and oxygen atoms in total. The molecular weight excluding hydrogens is 176 g/mol. The molecule has 0 spiro atoms. The van der Waals surface area contributed by atoms with E-state index in [2.05, 4.69) is 6.92 Å². The first-order chi connectivity index (χ1) is 6.68.